The second-order valence-electron chi connectivity index (χ2n) is 3.78. The SMILES string of the molecule is NC(Cc1nc(-c2ccc(Br)cc2)cs1)C(=O)O. The number of halogens is 1. The highest BCUT2D eigenvalue weighted by Crippen LogP contribution is 2.24. The predicted molar refractivity (Wildman–Crippen MR) is 74.6 cm³/mol. The lowest BCUT2D eigenvalue weighted by Gasteiger charge is -2.02. The highest BCUT2D eigenvalue weighted by Gasteiger charge is 2.14. The van der Waals surface area contributed by atoms with Gasteiger partial charge in [-0.1, -0.05) is 28.1 Å². The van der Waals surface area contributed by atoms with Gasteiger partial charge in [0.15, 0.2) is 0 Å². The summed E-state index contributed by atoms with van der Waals surface area (Å²) < 4.78 is 1.01. The maximum absolute atomic E-state index is 10.7. The Morgan fingerprint density at radius 3 is 2.72 bits per heavy atom. The van der Waals surface area contributed by atoms with E-state index in [1.165, 1.54) is 11.3 Å². The van der Waals surface area contributed by atoms with Crippen LogP contribution in [0.15, 0.2) is 34.1 Å². The van der Waals surface area contributed by atoms with Gasteiger partial charge in [0, 0.05) is 21.8 Å². The average Bonchev–Trinajstić information content (AvgIpc) is 2.78. The molecule has 94 valence electrons. The first-order chi connectivity index (χ1) is 8.56. The molecule has 0 spiro atoms. The maximum atomic E-state index is 10.7. The third-order valence-corrected chi connectivity index (χ3v) is 3.80. The summed E-state index contributed by atoms with van der Waals surface area (Å²) in [6, 6.07) is 6.91. The van der Waals surface area contributed by atoms with Crippen molar-refractivity contribution in [1.82, 2.24) is 4.98 Å². The topological polar surface area (TPSA) is 76.2 Å². The van der Waals surface area contributed by atoms with Crippen LogP contribution in [0.4, 0.5) is 0 Å². The van der Waals surface area contributed by atoms with Gasteiger partial charge in [-0.3, -0.25) is 4.79 Å². The fraction of sp³-hybridized carbons (Fsp3) is 0.167. The zero-order valence-corrected chi connectivity index (χ0v) is 11.7. The minimum atomic E-state index is -1.00. The van der Waals surface area contributed by atoms with Crippen LogP contribution in [0.25, 0.3) is 11.3 Å². The van der Waals surface area contributed by atoms with Crippen molar-refractivity contribution in [2.45, 2.75) is 12.5 Å². The van der Waals surface area contributed by atoms with Gasteiger partial charge < -0.3 is 10.8 Å². The third-order valence-electron chi connectivity index (χ3n) is 2.40. The van der Waals surface area contributed by atoms with Crippen LogP contribution in [-0.4, -0.2) is 22.1 Å². The number of aliphatic carboxylic acids is 1. The van der Waals surface area contributed by atoms with Crippen LogP contribution < -0.4 is 5.73 Å². The highest BCUT2D eigenvalue weighted by molar-refractivity contribution is 9.10. The Labute approximate surface area is 117 Å². The lowest BCUT2D eigenvalue weighted by Crippen LogP contribution is -2.32. The van der Waals surface area contributed by atoms with Crippen molar-refractivity contribution < 1.29 is 9.90 Å². The monoisotopic (exact) mass is 326 g/mol. The number of carbonyl (C=O) groups is 1. The van der Waals surface area contributed by atoms with E-state index in [-0.39, 0.29) is 6.42 Å². The summed E-state index contributed by atoms with van der Waals surface area (Å²) in [4.78, 5) is 15.1. The standard InChI is InChI=1S/C12H11BrN2O2S/c13-8-3-1-7(2-4-8)10-6-18-11(15-10)5-9(14)12(16)17/h1-4,6,9H,5,14H2,(H,16,17). The quantitative estimate of drug-likeness (QED) is 0.905. The van der Waals surface area contributed by atoms with E-state index in [0.29, 0.717) is 0 Å². The molecule has 0 saturated heterocycles. The molecular weight excluding hydrogens is 316 g/mol. The minimum Gasteiger partial charge on any atom is -0.480 e. The van der Waals surface area contributed by atoms with Crippen molar-refractivity contribution in [1.29, 1.82) is 0 Å². The molecule has 1 aromatic carbocycles. The summed E-state index contributed by atoms with van der Waals surface area (Å²) in [7, 11) is 0. The average molecular weight is 327 g/mol. The summed E-state index contributed by atoms with van der Waals surface area (Å²) in [5.74, 6) is -1.00. The van der Waals surface area contributed by atoms with Crippen LogP contribution in [0.2, 0.25) is 0 Å². The molecule has 0 aliphatic rings. The fourth-order valence-corrected chi connectivity index (χ4v) is 2.56. The van der Waals surface area contributed by atoms with Gasteiger partial charge in [-0.25, -0.2) is 4.98 Å². The van der Waals surface area contributed by atoms with Crippen LogP contribution in [0, 0.1) is 0 Å². The van der Waals surface area contributed by atoms with Crippen molar-refractivity contribution in [2.75, 3.05) is 0 Å². The van der Waals surface area contributed by atoms with Gasteiger partial charge in [-0.15, -0.1) is 11.3 Å². The molecule has 0 bridgehead atoms. The maximum Gasteiger partial charge on any atom is 0.320 e. The van der Waals surface area contributed by atoms with Crippen molar-refractivity contribution >= 4 is 33.2 Å². The zero-order valence-electron chi connectivity index (χ0n) is 9.34. The number of nitrogens with two attached hydrogens (primary N) is 1. The molecular formula is C12H11BrN2O2S. The molecule has 1 heterocycles. The Morgan fingerprint density at radius 2 is 2.11 bits per heavy atom. The second-order valence-corrected chi connectivity index (χ2v) is 5.64. The number of carboxylic acid groups (broad SMARTS) is 1. The van der Waals surface area contributed by atoms with Crippen LogP contribution in [0.1, 0.15) is 5.01 Å². The lowest BCUT2D eigenvalue weighted by molar-refractivity contribution is -0.138. The smallest absolute Gasteiger partial charge is 0.320 e. The van der Waals surface area contributed by atoms with Crippen molar-refractivity contribution in [2.24, 2.45) is 5.73 Å². The molecule has 1 unspecified atom stereocenters. The number of nitrogens with zero attached hydrogens (tertiary/aromatic N) is 1. The van der Waals surface area contributed by atoms with E-state index in [2.05, 4.69) is 20.9 Å². The molecule has 1 aromatic heterocycles. The number of hydrogen-bond donors (Lipinski definition) is 2. The number of thiazole rings is 1. The first-order valence-corrected chi connectivity index (χ1v) is 6.92. The van der Waals surface area contributed by atoms with Gasteiger partial charge in [0.05, 0.1) is 10.7 Å². The molecule has 0 aliphatic carbocycles. The van der Waals surface area contributed by atoms with Gasteiger partial charge in [0.2, 0.25) is 0 Å². The number of benzene rings is 1. The Bertz CT molecular complexity index is 553. The van der Waals surface area contributed by atoms with Crippen molar-refractivity contribution in [3.63, 3.8) is 0 Å². The fourth-order valence-electron chi connectivity index (χ4n) is 1.43. The van der Waals surface area contributed by atoms with Gasteiger partial charge in [-0.05, 0) is 12.1 Å². The summed E-state index contributed by atoms with van der Waals surface area (Å²) in [5, 5.41) is 11.4. The normalized spacial score (nSPS) is 12.3. The first-order valence-electron chi connectivity index (χ1n) is 5.25. The molecule has 0 aliphatic heterocycles. The molecule has 18 heavy (non-hydrogen) atoms. The predicted octanol–water partition coefficient (Wildman–Crippen LogP) is 2.53. The summed E-state index contributed by atoms with van der Waals surface area (Å²) in [5.41, 5.74) is 7.33. The summed E-state index contributed by atoms with van der Waals surface area (Å²) in [6.45, 7) is 0. The molecule has 0 saturated carbocycles. The van der Waals surface area contributed by atoms with E-state index >= 15 is 0 Å². The molecule has 2 rings (SSSR count). The highest BCUT2D eigenvalue weighted by atomic mass is 79.9. The number of carboxylic acids is 1. The summed E-state index contributed by atoms with van der Waals surface area (Å²) >= 11 is 4.80. The van der Waals surface area contributed by atoms with Crippen LogP contribution >= 0.6 is 27.3 Å². The number of aromatic nitrogens is 1. The Hall–Kier alpha value is -1.24. The van der Waals surface area contributed by atoms with Crippen molar-refractivity contribution in [3.05, 3.63) is 39.1 Å². The molecule has 1 atom stereocenters. The number of hydrogen-bond acceptors (Lipinski definition) is 4. The van der Waals surface area contributed by atoms with Gasteiger partial charge in [-0.2, -0.15) is 0 Å². The van der Waals surface area contributed by atoms with Gasteiger partial charge in [0.1, 0.15) is 6.04 Å². The van der Waals surface area contributed by atoms with Crippen LogP contribution in [0.5, 0.6) is 0 Å². The van der Waals surface area contributed by atoms with E-state index in [9.17, 15) is 4.79 Å². The lowest BCUT2D eigenvalue weighted by atomic mass is 10.2. The third kappa shape index (κ3) is 3.16. The van der Waals surface area contributed by atoms with E-state index < -0.39 is 12.0 Å². The zero-order chi connectivity index (χ0) is 13.1. The molecule has 0 amide bonds. The molecule has 6 heteroatoms. The van der Waals surface area contributed by atoms with E-state index in [4.69, 9.17) is 10.8 Å². The second kappa shape index (κ2) is 5.60. The molecule has 2 aromatic rings. The Morgan fingerprint density at radius 1 is 1.44 bits per heavy atom. The minimum absolute atomic E-state index is 0.260. The molecule has 0 fully saturated rings. The largest absolute Gasteiger partial charge is 0.480 e. The number of rotatable bonds is 4. The van der Waals surface area contributed by atoms with E-state index in [0.717, 1.165) is 20.7 Å². The molecule has 4 nitrogen and oxygen atoms in total. The van der Waals surface area contributed by atoms with E-state index in [1.807, 2.05) is 29.6 Å². The molecule has 0 radical (unpaired) electrons. The molecule has 3 N–H and O–H groups in total. The Balaban J connectivity index is 2.15. The Kier molecular flexibility index (Phi) is 4.11. The first kappa shape index (κ1) is 13.2. The van der Waals surface area contributed by atoms with Crippen LogP contribution in [-0.2, 0) is 11.2 Å². The van der Waals surface area contributed by atoms with Gasteiger partial charge >= 0.3 is 5.97 Å². The van der Waals surface area contributed by atoms with Crippen LogP contribution in [0.3, 0.4) is 0 Å². The van der Waals surface area contributed by atoms with Gasteiger partial charge in [0.25, 0.3) is 0 Å². The van der Waals surface area contributed by atoms with Crippen molar-refractivity contribution in [3.8, 4) is 11.3 Å². The summed E-state index contributed by atoms with van der Waals surface area (Å²) in [6.07, 6.45) is 0.260. The van der Waals surface area contributed by atoms with E-state index in [1.54, 1.807) is 0 Å².